The fraction of sp³-hybridized carbons (Fsp3) is 0.310. The van der Waals surface area contributed by atoms with Gasteiger partial charge in [-0.2, -0.15) is 4.31 Å². The molecular formula is C29H30N4O4S2. The van der Waals surface area contributed by atoms with E-state index >= 15 is 0 Å². The van der Waals surface area contributed by atoms with Crippen LogP contribution in [0.3, 0.4) is 0 Å². The molecule has 39 heavy (non-hydrogen) atoms. The van der Waals surface area contributed by atoms with Crippen molar-refractivity contribution in [2.45, 2.75) is 24.2 Å². The van der Waals surface area contributed by atoms with Crippen molar-refractivity contribution in [1.29, 1.82) is 0 Å². The smallest absolute Gasteiger partial charge is 0.343 e. The summed E-state index contributed by atoms with van der Waals surface area (Å²) in [6.45, 7) is 4.72. The lowest BCUT2D eigenvalue weighted by Crippen LogP contribution is -2.46. The van der Waals surface area contributed by atoms with Crippen molar-refractivity contribution in [1.82, 2.24) is 9.29 Å². The predicted molar refractivity (Wildman–Crippen MR) is 154 cm³/mol. The van der Waals surface area contributed by atoms with Crippen LogP contribution in [0.25, 0.3) is 10.2 Å². The van der Waals surface area contributed by atoms with Gasteiger partial charge >= 0.3 is 5.97 Å². The number of carbonyl (C=O) groups excluding carboxylic acids is 1. The average Bonchev–Trinajstić information content (AvgIpc) is 3.42. The normalized spacial score (nSPS) is 16.9. The molecule has 0 saturated carbocycles. The Morgan fingerprint density at radius 2 is 1.49 bits per heavy atom. The third-order valence-electron chi connectivity index (χ3n) is 7.27. The Bertz CT molecular complexity index is 1560. The van der Waals surface area contributed by atoms with E-state index < -0.39 is 16.0 Å². The molecule has 0 N–H and O–H groups in total. The molecule has 0 bridgehead atoms. The molecule has 4 aromatic rings. The van der Waals surface area contributed by atoms with Crippen LogP contribution in [-0.2, 0) is 10.0 Å². The van der Waals surface area contributed by atoms with Gasteiger partial charge in [-0.05, 0) is 61.4 Å². The van der Waals surface area contributed by atoms with Crippen molar-refractivity contribution in [2.24, 2.45) is 0 Å². The molecule has 202 valence electrons. The van der Waals surface area contributed by atoms with Gasteiger partial charge in [0.15, 0.2) is 5.13 Å². The van der Waals surface area contributed by atoms with Crippen LogP contribution in [0.5, 0.6) is 5.75 Å². The maximum absolute atomic E-state index is 12.9. The van der Waals surface area contributed by atoms with Crippen molar-refractivity contribution in [3.05, 3.63) is 78.4 Å². The first-order chi connectivity index (χ1) is 19.0. The second-order valence-corrected chi connectivity index (χ2v) is 12.8. The number of anilines is 2. The molecule has 0 amide bonds. The molecule has 0 spiro atoms. The number of fused-ring (bicyclic) bond motifs is 1. The molecule has 0 atom stereocenters. The maximum atomic E-state index is 12.9. The molecule has 3 aromatic carbocycles. The van der Waals surface area contributed by atoms with Gasteiger partial charge in [-0.1, -0.05) is 36.0 Å². The van der Waals surface area contributed by atoms with Crippen LogP contribution in [0.1, 0.15) is 29.6 Å². The Labute approximate surface area is 232 Å². The number of esters is 1. The number of nitrogens with zero attached hydrogens (tertiary/aromatic N) is 4. The number of benzene rings is 3. The van der Waals surface area contributed by atoms with Gasteiger partial charge in [-0.15, -0.1) is 0 Å². The van der Waals surface area contributed by atoms with Crippen molar-refractivity contribution < 1.29 is 17.9 Å². The van der Waals surface area contributed by atoms with Crippen molar-refractivity contribution in [3.8, 4) is 5.75 Å². The zero-order valence-corrected chi connectivity index (χ0v) is 23.2. The molecule has 0 radical (unpaired) electrons. The first kappa shape index (κ1) is 25.8. The van der Waals surface area contributed by atoms with Gasteiger partial charge in [-0.3, -0.25) is 0 Å². The Morgan fingerprint density at radius 3 is 2.21 bits per heavy atom. The van der Waals surface area contributed by atoms with Gasteiger partial charge in [0, 0.05) is 51.0 Å². The monoisotopic (exact) mass is 562 g/mol. The maximum Gasteiger partial charge on any atom is 0.343 e. The summed E-state index contributed by atoms with van der Waals surface area (Å²) >= 11 is 1.59. The Balaban J connectivity index is 1.10. The molecule has 2 saturated heterocycles. The molecule has 10 heteroatoms. The standard InChI is InChI=1S/C29H30N4O4S2/c34-28(22-9-12-25(13-10-22)39(35,36)33-15-5-2-6-16-33)37-24-11-14-26-27(21-24)38-29(30-26)32-19-17-31(18-20-32)23-7-3-1-4-8-23/h1,3-4,7-14,21H,2,5-6,15-20H2. The molecule has 0 aliphatic carbocycles. The summed E-state index contributed by atoms with van der Waals surface area (Å²) in [5, 5.41) is 0.965. The molecule has 6 rings (SSSR count). The first-order valence-corrected chi connectivity index (χ1v) is 15.5. The highest BCUT2D eigenvalue weighted by molar-refractivity contribution is 7.89. The number of carbonyl (C=O) groups is 1. The van der Waals surface area contributed by atoms with Crippen LogP contribution in [0.2, 0.25) is 0 Å². The minimum atomic E-state index is -3.54. The van der Waals surface area contributed by atoms with E-state index in [-0.39, 0.29) is 4.90 Å². The van der Waals surface area contributed by atoms with E-state index in [1.807, 2.05) is 18.2 Å². The second kappa shape index (κ2) is 11.0. The number of hydrogen-bond donors (Lipinski definition) is 0. The Kier molecular flexibility index (Phi) is 7.24. The quantitative estimate of drug-likeness (QED) is 0.241. The number of rotatable bonds is 6. The van der Waals surface area contributed by atoms with Crippen molar-refractivity contribution >= 4 is 48.4 Å². The predicted octanol–water partition coefficient (Wildman–Crippen LogP) is 5.02. The number of hydrogen-bond acceptors (Lipinski definition) is 8. The third kappa shape index (κ3) is 5.50. The molecule has 2 fully saturated rings. The Morgan fingerprint density at radius 1 is 0.795 bits per heavy atom. The summed E-state index contributed by atoms with van der Waals surface area (Å²) in [6.07, 6.45) is 2.80. The van der Waals surface area contributed by atoms with Crippen molar-refractivity contribution in [2.75, 3.05) is 49.1 Å². The average molecular weight is 563 g/mol. The van der Waals surface area contributed by atoms with Crippen molar-refractivity contribution in [3.63, 3.8) is 0 Å². The van der Waals surface area contributed by atoms with Crippen LogP contribution in [0.15, 0.2) is 77.7 Å². The second-order valence-electron chi connectivity index (χ2n) is 9.81. The number of piperidine rings is 1. The first-order valence-electron chi connectivity index (χ1n) is 13.3. The fourth-order valence-corrected chi connectivity index (χ4v) is 7.63. The lowest BCUT2D eigenvalue weighted by molar-refractivity contribution is 0.0735. The minimum Gasteiger partial charge on any atom is -0.423 e. The van der Waals surface area contributed by atoms with Gasteiger partial charge in [0.25, 0.3) is 0 Å². The lowest BCUT2D eigenvalue weighted by atomic mass is 10.2. The number of ether oxygens (including phenoxy) is 1. The van der Waals surface area contributed by atoms with E-state index in [9.17, 15) is 13.2 Å². The van der Waals surface area contributed by atoms with E-state index in [0.717, 1.165) is 60.8 Å². The number of sulfonamides is 1. The molecule has 2 aliphatic heterocycles. The summed E-state index contributed by atoms with van der Waals surface area (Å²) in [5.74, 6) is -0.0975. The minimum absolute atomic E-state index is 0.198. The highest BCUT2D eigenvalue weighted by atomic mass is 32.2. The molecule has 3 heterocycles. The third-order valence-corrected chi connectivity index (χ3v) is 10.3. The molecular weight excluding hydrogens is 532 g/mol. The number of piperazine rings is 1. The SMILES string of the molecule is O=C(Oc1ccc2nc(N3CCN(c4ccccc4)CC3)sc2c1)c1ccc(S(=O)(=O)N2CCCCC2)cc1. The van der Waals surface area contributed by atoms with Crippen LogP contribution in [0.4, 0.5) is 10.8 Å². The Hall–Kier alpha value is -3.47. The fourth-order valence-electron chi connectivity index (χ4n) is 5.07. The number of thiazole rings is 1. The summed E-state index contributed by atoms with van der Waals surface area (Å²) in [5.41, 5.74) is 2.41. The molecule has 0 unspecified atom stereocenters. The van der Waals surface area contributed by atoms with E-state index in [1.165, 1.54) is 34.3 Å². The summed E-state index contributed by atoms with van der Waals surface area (Å²) < 4.78 is 33.9. The summed E-state index contributed by atoms with van der Waals surface area (Å²) in [7, 11) is -3.54. The van der Waals surface area contributed by atoms with E-state index in [2.05, 4.69) is 34.1 Å². The van der Waals surface area contributed by atoms with E-state index in [4.69, 9.17) is 9.72 Å². The highest BCUT2D eigenvalue weighted by Crippen LogP contribution is 2.33. The highest BCUT2D eigenvalue weighted by Gasteiger charge is 2.26. The van der Waals surface area contributed by atoms with Gasteiger partial charge < -0.3 is 14.5 Å². The van der Waals surface area contributed by atoms with Crippen LogP contribution in [0, 0.1) is 0 Å². The van der Waals surface area contributed by atoms with Gasteiger partial charge in [0.05, 0.1) is 20.7 Å². The number of aromatic nitrogens is 1. The van der Waals surface area contributed by atoms with Gasteiger partial charge in [0.1, 0.15) is 5.75 Å². The summed E-state index contributed by atoms with van der Waals surface area (Å²) in [4.78, 5) is 22.5. The molecule has 1 aromatic heterocycles. The largest absolute Gasteiger partial charge is 0.423 e. The zero-order chi connectivity index (χ0) is 26.8. The van der Waals surface area contributed by atoms with Crippen LogP contribution in [-0.4, -0.2) is 62.9 Å². The van der Waals surface area contributed by atoms with Gasteiger partial charge in [0.2, 0.25) is 10.0 Å². The van der Waals surface area contributed by atoms with E-state index in [1.54, 1.807) is 17.4 Å². The molecule has 8 nitrogen and oxygen atoms in total. The topological polar surface area (TPSA) is 83.0 Å². The zero-order valence-electron chi connectivity index (χ0n) is 21.5. The number of para-hydroxylation sites is 1. The van der Waals surface area contributed by atoms with Crippen LogP contribution < -0.4 is 14.5 Å². The van der Waals surface area contributed by atoms with E-state index in [0.29, 0.717) is 24.4 Å². The lowest BCUT2D eigenvalue weighted by Gasteiger charge is -2.35. The molecule has 2 aliphatic rings. The summed E-state index contributed by atoms with van der Waals surface area (Å²) in [6, 6.07) is 21.9. The van der Waals surface area contributed by atoms with Gasteiger partial charge in [-0.25, -0.2) is 18.2 Å². The van der Waals surface area contributed by atoms with Crippen LogP contribution >= 0.6 is 11.3 Å².